The Morgan fingerprint density at radius 2 is 2.15 bits per heavy atom. The van der Waals surface area contributed by atoms with E-state index in [0.29, 0.717) is 10.9 Å². The van der Waals surface area contributed by atoms with E-state index in [4.69, 9.17) is 0 Å². The van der Waals surface area contributed by atoms with E-state index in [1.807, 2.05) is 0 Å². The Hall–Kier alpha value is -1.78. The highest BCUT2D eigenvalue weighted by atomic mass is 16.1. The zero-order valence-electron chi connectivity index (χ0n) is 7.35. The summed E-state index contributed by atoms with van der Waals surface area (Å²) < 4.78 is 1.28. The second kappa shape index (κ2) is 2.62. The van der Waals surface area contributed by atoms with Gasteiger partial charge in [-0.2, -0.15) is 10.2 Å². The largest absolute Gasteiger partial charge is 0.276 e. The molecule has 0 N–H and O–H groups in total. The third-order valence-electron chi connectivity index (χ3n) is 1.82. The van der Waals surface area contributed by atoms with Gasteiger partial charge in [-0.15, -0.1) is 5.10 Å². The number of hydrogen-bond acceptors (Lipinski definition) is 4. The summed E-state index contributed by atoms with van der Waals surface area (Å²) in [6, 6.07) is 1.71. The molecule has 2 rings (SSSR count). The van der Waals surface area contributed by atoms with Gasteiger partial charge in [0.15, 0.2) is 0 Å². The average Bonchev–Trinajstić information content (AvgIpc) is 2.12. The lowest BCUT2D eigenvalue weighted by Crippen LogP contribution is -2.19. The molecular weight excluding hydrogens is 168 g/mol. The van der Waals surface area contributed by atoms with Gasteiger partial charge in [0.25, 0.3) is 5.56 Å². The van der Waals surface area contributed by atoms with Crippen molar-refractivity contribution < 1.29 is 0 Å². The highest BCUT2D eigenvalue weighted by molar-refractivity contribution is 5.75. The maximum absolute atomic E-state index is 11.5. The van der Waals surface area contributed by atoms with E-state index < -0.39 is 0 Å². The zero-order chi connectivity index (χ0) is 9.42. The van der Waals surface area contributed by atoms with E-state index in [0.717, 1.165) is 5.69 Å². The first-order valence-electron chi connectivity index (χ1n) is 3.85. The van der Waals surface area contributed by atoms with Gasteiger partial charge in [-0.1, -0.05) is 0 Å². The molecule has 0 aliphatic carbocycles. The molecule has 0 aliphatic heterocycles. The molecule has 0 saturated carbocycles. The number of fused-ring (bicyclic) bond motifs is 1. The van der Waals surface area contributed by atoms with Crippen molar-refractivity contribution in [1.82, 2.24) is 20.0 Å². The average molecular weight is 176 g/mol. The first-order valence-corrected chi connectivity index (χ1v) is 3.85. The summed E-state index contributed by atoms with van der Waals surface area (Å²) in [6.07, 6.45) is 1.53. The lowest BCUT2D eigenvalue weighted by molar-refractivity contribution is 0.715. The van der Waals surface area contributed by atoms with Crippen LogP contribution in [-0.4, -0.2) is 20.0 Å². The molecule has 13 heavy (non-hydrogen) atoms. The van der Waals surface area contributed by atoms with Gasteiger partial charge >= 0.3 is 0 Å². The third kappa shape index (κ3) is 1.18. The Morgan fingerprint density at radius 1 is 1.38 bits per heavy atom. The van der Waals surface area contributed by atoms with Crippen LogP contribution < -0.4 is 5.56 Å². The van der Waals surface area contributed by atoms with Gasteiger partial charge in [-0.25, -0.2) is 4.68 Å². The number of hydrogen-bond donors (Lipinski definition) is 0. The van der Waals surface area contributed by atoms with Crippen LogP contribution in [0.4, 0.5) is 0 Å². The molecule has 0 radical (unpaired) electrons. The quantitative estimate of drug-likeness (QED) is 0.568. The van der Waals surface area contributed by atoms with E-state index in [2.05, 4.69) is 15.3 Å². The van der Waals surface area contributed by atoms with Crippen LogP contribution in [0.15, 0.2) is 17.1 Å². The van der Waals surface area contributed by atoms with Crippen LogP contribution in [0.3, 0.4) is 0 Å². The minimum Gasteiger partial charge on any atom is -0.267 e. The Morgan fingerprint density at radius 3 is 2.92 bits per heavy atom. The fraction of sp³-hybridized carbons (Fsp3) is 0.250. The van der Waals surface area contributed by atoms with Gasteiger partial charge in [0.1, 0.15) is 5.52 Å². The first-order chi connectivity index (χ1) is 6.18. The van der Waals surface area contributed by atoms with Crippen molar-refractivity contribution in [2.24, 2.45) is 7.05 Å². The molecule has 0 saturated heterocycles. The standard InChI is InChI=1S/C8H8N4O/c1-5-3-6-7(11-10-5)4-9-12(2)8(6)13/h3-4H,1-2H3. The normalized spacial score (nSPS) is 10.6. The molecule has 2 heterocycles. The molecule has 0 atom stereocenters. The summed E-state index contributed by atoms with van der Waals surface area (Å²) in [5.41, 5.74) is 1.13. The summed E-state index contributed by atoms with van der Waals surface area (Å²) in [6.45, 7) is 1.80. The lowest BCUT2D eigenvalue weighted by atomic mass is 10.3. The molecular formula is C8H8N4O. The molecule has 66 valence electrons. The monoisotopic (exact) mass is 176 g/mol. The molecule has 0 amide bonds. The van der Waals surface area contributed by atoms with Crippen LogP contribution in [0.25, 0.3) is 10.9 Å². The maximum atomic E-state index is 11.5. The Bertz CT molecular complexity index is 512. The van der Waals surface area contributed by atoms with Crippen molar-refractivity contribution in [1.29, 1.82) is 0 Å². The molecule has 0 spiro atoms. The Kier molecular flexibility index (Phi) is 1.58. The lowest BCUT2D eigenvalue weighted by Gasteiger charge is -1.98. The molecule has 0 bridgehead atoms. The summed E-state index contributed by atoms with van der Waals surface area (Å²) in [5.74, 6) is 0. The van der Waals surface area contributed by atoms with Gasteiger partial charge < -0.3 is 0 Å². The van der Waals surface area contributed by atoms with Gasteiger partial charge in [-0.3, -0.25) is 4.79 Å². The van der Waals surface area contributed by atoms with Crippen LogP contribution in [0, 0.1) is 6.92 Å². The van der Waals surface area contributed by atoms with E-state index in [1.54, 1.807) is 20.0 Å². The van der Waals surface area contributed by atoms with Crippen molar-refractivity contribution >= 4 is 10.9 Å². The fourth-order valence-electron chi connectivity index (χ4n) is 1.13. The van der Waals surface area contributed by atoms with E-state index >= 15 is 0 Å². The van der Waals surface area contributed by atoms with Crippen LogP contribution >= 0.6 is 0 Å². The number of aryl methyl sites for hydroxylation is 2. The number of rotatable bonds is 0. The maximum Gasteiger partial charge on any atom is 0.276 e. The predicted octanol–water partition coefficient (Wildman–Crippen LogP) is 0.0319. The number of nitrogens with zero attached hydrogens (tertiary/aromatic N) is 4. The van der Waals surface area contributed by atoms with Crippen molar-refractivity contribution in [3.05, 3.63) is 28.3 Å². The molecule has 0 fully saturated rings. The van der Waals surface area contributed by atoms with Crippen LogP contribution in [0.1, 0.15) is 5.69 Å². The SMILES string of the molecule is Cc1cc2c(=O)n(C)ncc2nn1. The number of aromatic nitrogens is 4. The van der Waals surface area contributed by atoms with Crippen LogP contribution in [0.5, 0.6) is 0 Å². The van der Waals surface area contributed by atoms with Crippen molar-refractivity contribution in [3.8, 4) is 0 Å². The second-order valence-electron chi connectivity index (χ2n) is 2.86. The molecule has 0 aliphatic rings. The predicted molar refractivity (Wildman–Crippen MR) is 47.3 cm³/mol. The van der Waals surface area contributed by atoms with Crippen molar-refractivity contribution in [2.75, 3.05) is 0 Å². The molecule has 0 aromatic carbocycles. The zero-order valence-corrected chi connectivity index (χ0v) is 7.35. The second-order valence-corrected chi connectivity index (χ2v) is 2.86. The topological polar surface area (TPSA) is 60.7 Å². The fourth-order valence-corrected chi connectivity index (χ4v) is 1.13. The van der Waals surface area contributed by atoms with Gasteiger partial charge in [0, 0.05) is 7.05 Å². The van der Waals surface area contributed by atoms with Crippen molar-refractivity contribution in [3.63, 3.8) is 0 Å². The molecule has 5 nitrogen and oxygen atoms in total. The van der Waals surface area contributed by atoms with Crippen LogP contribution in [0.2, 0.25) is 0 Å². The Labute approximate surface area is 74.0 Å². The van der Waals surface area contributed by atoms with Gasteiger partial charge in [0.05, 0.1) is 17.3 Å². The summed E-state index contributed by atoms with van der Waals surface area (Å²) in [5, 5.41) is 12.1. The minimum absolute atomic E-state index is 0.143. The summed E-state index contributed by atoms with van der Waals surface area (Å²) >= 11 is 0. The summed E-state index contributed by atoms with van der Waals surface area (Å²) in [7, 11) is 1.61. The highest BCUT2D eigenvalue weighted by Crippen LogP contribution is 2.03. The Balaban J connectivity index is 2.97. The van der Waals surface area contributed by atoms with Crippen molar-refractivity contribution in [2.45, 2.75) is 6.92 Å². The van der Waals surface area contributed by atoms with Gasteiger partial charge in [-0.05, 0) is 13.0 Å². The van der Waals surface area contributed by atoms with Crippen LogP contribution in [-0.2, 0) is 7.05 Å². The molecule has 2 aromatic rings. The van der Waals surface area contributed by atoms with E-state index in [9.17, 15) is 4.79 Å². The smallest absolute Gasteiger partial charge is 0.267 e. The van der Waals surface area contributed by atoms with E-state index in [1.165, 1.54) is 10.9 Å². The minimum atomic E-state index is -0.143. The summed E-state index contributed by atoms with van der Waals surface area (Å²) in [4.78, 5) is 11.5. The molecule has 5 heteroatoms. The van der Waals surface area contributed by atoms with Gasteiger partial charge in [0.2, 0.25) is 0 Å². The molecule has 0 unspecified atom stereocenters. The highest BCUT2D eigenvalue weighted by Gasteiger charge is 2.02. The first kappa shape index (κ1) is 7.85. The van der Waals surface area contributed by atoms with E-state index in [-0.39, 0.29) is 5.56 Å². The third-order valence-corrected chi connectivity index (χ3v) is 1.82. The molecule has 2 aromatic heterocycles.